The van der Waals surface area contributed by atoms with Crippen LogP contribution in [-0.2, 0) is 23.0 Å². The smallest absolute Gasteiger partial charge is 0.243 e. The van der Waals surface area contributed by atoms with Gasteiger partial charge >= 0.3 is 0 Å². The number of nitrogens with zero attached hydrogens (tertiary/aromatic N) is 1. The summed E-state index contributed by atoms with van der Waals surface area (Å²) in [5.41, 5.74) is 7.38. The lowest BCUT2D eigenvalue weighted by atomic mass is 10.1. The highest BCUT2D eigenvalue weighted by molar-refractivity contribution is 7.89. The minimum atomic E-state index is -3.49. The molecule has 0 saturated carbocycles. The molecule has 0 aliphatic carbocycles. The molecule has 2 rings (SSSR count). The van der Waals surface area contributed by atoms with E-state index in [1.807, 2.05) is 12.1 Å². The van der Waals surface area contributed by atoms with Gasteiger partial charge in [-0.3, -0.25) is 0 Å². The van der Waals surface area contributed by atoms with Crippen LogP contribution in [0.3, 0.4) is 0 Å². The van der Waals surface area contributed by atoms with Gasteiger partial charge in [-0.1, -0.05) is 12.1 Å². The van der Waals surface area contributed by atoms with Crippen molar-refractivity contribution in [1.82, 2.24) is 4.31 Å². The molecule has 21 heavy (non-hydrogen) atoms. The molecule has 0 unspecified atom stereocenters. The van der Waals surface area contributed by atoms with Crippen molar-refractivity contribution in [3.8, 4) is 0 Å². The van der Waals surface area contributed by atoms with Crippen molar-refractivity contribution in [1.29, 1.82) is 0 Å². The SMILES string of the molecule is CN(Cc1ccoc1)S(=O)(=O)c1ccc(CCCN)cc1. The summed E-state index contributed by atoms with van der Waals surface area (Å²) in [5, 5.41) is 0. The number of furan rings is 1. The van der Waals surface area contributed by atoms with Crippen molar-refractivity contribution in [3.63, 3.8) is 0 Å². The van der Waals surface area contributed by atoms with Gasteiger partial charge in [-0.15, -0.1) is 0 Å². The number of nitrogens with two attached hydrogens (primary N) is 1. The number of benzene rings is 1. The molecule has 6 heteroatoms. The number of rotatable bonds is 7. The van der Waals surface area contributed by atoms with E-state index in [-0.39, 0.29) is 6.54 Å². The van der Waals surface area contributed by atoms with Crippen LogP contribution in [0, 0.1) is 0 Å². The minimum absolute atomic E-state index is 0.285. The van der Waals surface area contributed by atoms with E-state index < -0.39 is 10.0 Å². The molecule has 2 N–H and O–H groups in total. The first kappa shape index (κ1) is 15.8. The summed E-state index contributed by atoms with van der Waals surface area (Å²) in [4.78, 5) is 0.296. The molecular weight excluding hydrogens is 288 g/mol. The predicted octanol–water partition coefficient (Wildman–Crippen LogP) is 1.99. The van der Waals surface area contributed by atoms with E-state index in [0.717, 1.165) is 24.0 Å². The number of sulfonamides is 1. The van der Waals surface area contributed by atoms with Crippen LogP contribution in [-0.4, -0.2) is 26.3 Å². The van der Waals surface area contributed by atoms with Gasteiger partial charge in [0.15, 0.2) is 0 Å². The Labute approximate surface area is 125 Å². The summed E-state index contributed by atoms with van der Waals surface area (Å²) in [6, 6.07) is 8.73. The van der Waals surface area contributed by atoms with Crippen LogP contribution < -0.4 is 5.73 Å². The van der Waals surface area contributed by atoms with Crippen molar-refractivity contribution >= 4 is 10.0 Å². The lowest BCUT2D eigenvalue weighted by Gasteiger charge is -2.16. The van der Waals surface area contributed by atoms with E-state index in [2.05, 4.69) is 0 Å². The molecule has 114 valence electrons. The van der Waals surface area contributed by atoms with Crippen LogP contribution in [0.15, 0.2) is 52.2 Å². The van der Waals surface area contributed by atoms with Crippen molar-refractivity contribution in [2.45, 2.75) is 24.3 Å². The molecule has 0 bridgehead atoms. The van der Waals surface area contributed by atoms with Crippen molar-refractivity contribution in [2.24, 2.45) is 5.73 Å². The molecule has 0 fully saturated rings. The van der Waals surface area contributed by atoms with Crippen LogP contribution in [0.5, 0.6) is 0 Å². The largest absolute Gasteiger partial charge is 0.472 e. The maximum absolute atomic E-state index is 12.5. The third-order valence-electron chi connectivity index (χ3n) is 3.29. The number of aryl methyl sites for hydroxylation is 1. The zero-order valence-corrected chi connectivity index (χ0v) is 12.8. The van der Waals surface area contributed by atoms with Gasteiger partial charge in [0.1, 0.15) is 0 Å². The van der Waals surface area contributed by atoms with Gasteiger partial charge in [0.25, 0.3) is 0 Å². The van der Waals surface area contributed by atoms with E-state index >= 15 is 0 Å². The predicted molar refractivity (Wildman–Crippen MR) is 81.2 cm³/mol. The highest BCUT2D eigenvalue weighted by Gasteiger charge is 2.21. The molecule has 0 saturated heterocycles. The van der Waals surface area contributed by atoms with Crippen LogP contribution in [0.2, 0.25) is 0 Å². The Morgan fingerprint density at radius 2 is 1.86 bits per heavy atom. The lowest BCUT2D eigenvalue weighted by molar-refractivity contribution is 0.463. The molecule has 1 aromatic carbocycles. The molecule has 0 atom stereocenters. The summed E-state index contributed by atoms with van der Waals surface area (Å²) in [6.45, 7) is 0.918. The first-order valence-electron chi connectivity index (χ1n) is 6.80. The molecular formula is C15H20N2O3S. The van der Waals surface area contributed by atoms with E-state index in [0.29, 0.717) is 11.4 Å². The van der Waals surface area contributed by atoms with E-state index in [1.54, 1.807) is 31.5 Å². The quantitative estimate of drug-likeness (QED) is 0.848. The summed E-state index contributed by atoms with van der Waals surface area (Å²) in [5.74, 6) is 0. The second-order valence-corrected chi connectivity index (χ2v) is 6.97. The molecule has 0 amide bonds. The second-order valence-electron chi connectivity index (χ2n) is 4.93. The Kier molecular flexibility index (Phi) is 5.17. The summed E-state index contributed by atoms with van der Waals surface area (Å²) in [7, 11) is -1.93. The fourth-order valence-corrected chi connectivity index (χ4v) is 3.20. The first-order valence-corrected chi connectivity index (χ1v) is 8.24. The van der Waals surface area contributed by atoms with Gasteiger partial charge in [0.2, 0.25) is 10.0 Å². The molecule has 1 aromatic heterocycles. The molecule has 0 spiro atoms. The van der Waals surface area contributed by atoms with Gasteiger partial charge in [-0.05, 0) is 43.1 Å². The van der Waals surface area contributed by atoms with Gasteiger partial charge < -0.3 is 10.2 Å². The average molecular weight is 308 g/mol. The fourth-order valence-electron chi connectivity index (χ4n) is 2.04. The van der Waals surface area contributed by atoms with Crippen LogP contribution in [0.4, 0.5) is 0 Å². The maximum atomic E-state index is 12.5. The van der Waals surface area contributed by atoms with Gasteiger partial charge in [-0.2, -0.15) is 4.31 Å². The van der Waals surface area contributed by atoms with E-state index in [1.165, 1.54) is 10.6 Å². The van der Waals surface area contributed by atoms with Crippen LogP contribution >= 0.6 is 0 Å². The third kappa shape index (κ3) is 3.93. The van der Waals surface area contributed by atoms with Gasteiger partial charge in [-0.25, -0.2) is 8.42 Å². The summed E-state index contributed by atoms with van der Waals surface area (Å²) in [6.07, 6.45) is 4.83. The fraction of sp³-hybridized carbons (Fsp3) is 0.333. The highest BCUT2D eigenvalue weighted by Crippen LogP contribution is 2.18. The maximum Gasteiger partial charge on any atom is 0.243 e. The van der Waals surface area contributed by atoms with Crippen LogP contribution in [0.25, 0.3) is 0 Å². The third-order valence-corrected chi connectivity index (χ3v) is 5.10. The lowest BCUT2D eigenvalue weighted by Crippen LogP contribution is -2.26. The number of hydrogen-bond donors (Lipinski definition) is 1. The average Bonchev–Trinajstić information content (AvgIpc) is 2.98. The minimum Gasteiger partial charge on any atom is -0.472 e. The van der Waals surface area contributed by atoms with E-state index in [9.17, 15) is 8.42 Å². The highest BCUT2D eigenvalue weighted by atomic mass is 32.2. The second kappa shape index (κ2) is 6.89. The Morgan fingerprint density at radius 3 is 2.43 bits per heavy atom. The van der Waals surface area contributed by atoms with Crippen molar-refractivity contribution < 1.29 is 12.8 Å². The van der Waals surface area contributed by atoms with Crippen molar-refractivity contribution in [2.75, 3.05) is 13.6 Å². The normalized spacial score (nSPS) is 12.0. The first-order chi connectivity index (χ1) is 10.0. The topological polar surface area (TPSA) is 76.5 Å². The van der Waals surface area contributed by atoms with E-state index in [4.69, 9.17) is 10.2 Å². The summed E-state index contributed by atoms with van der Waals surface area (Å²) >= 11 is 0. The standard InChI is InChI=1S/C15H20N2O3S/c1-17(11-14-8-10-20-12-14)21(18,19)15-6-4-13(5-7-15)3-2-9-16/h4-8,10,12H,2-3,9,11,16H2,1H3. The molecule has 5 nitrogen and oxygen atoms in total. The molecule has 0 aliphatic rings. The summed E-state index contributed by atoms with van der Waals surface area (Å²) < 4.78 is 31.2. The molecule has 2 aromatic rings. The van der Waals surface area contributed by atoms with Crippen molar-refractivity contribution in [3.05, 3.63) is 54.0 Å². The Morgan fingerprint density at radius 1 is 1.14 bits per heavy atom. The zero-order valence-electron chi connectivity index (χ0n) is 12.0. The Balaban J connectivity index is 2.11. The molecule has 0 aliphatic heterocycles. The van der Waals surface area contributed by atoms with Gasteiger partial charge in [0.05, 0.1) is 17.4 Å². The zero-order chi connectivity index (χ0) is 15.3. The Hall–Kier alpha value is -1.63. The molecule has 0 radical (unpaired) electrons. The monoisotopic (exact) mass is 308 g/mol. The molecule has 1 heterocycles. The van der Waals surface area contributed by atoms with Crippen LogP contribution in [0.1, 0.15) is 17.5 Å². The van der Waals surface area contributed by atoms with Gasteiger partial charge in [0, 0.05) is 19.2 Å². The Bertz CT molecular complexity index is 649. The number of hydrogen-bond acceptors (Lipinski definition) is 4.